The Balaban J connectivity index is 2.18. The molecular formula is C11H9BrN4. The van der Waals surface area contributed by atoms with Crippen LogP contribution in [0, 0.1) is 0 Å². The maximum absolute atomic E-state index is 4.30. The van der Waals surface area contributed by atoms with Gasteiger partial charge in [0, 0.05) is 25.0 Å². The second-order valence-electron chi connectivity index (χ2n) is 3.63. The van der Waals surface area contributed by atoms with Crippen molar-refractivity contribution in [2.75, 3.05) is 0 Å². The fraction of sp³-hybridized carbons (Fsp3) is 0.0909. The third-order valence-corrected chi connectivity index (χ3v) is 3.09. The lowest BCUT2D eigenvalue weighted by Gasteiger charge is -1.99. The molecule has 0 N–H and O–H groups in total. The van der Waals surface area contributed by atoms with Crippen LogP contribution in [-0.2, 0) is 7.05 Å². The minimum atomic E-state index is 0.924. The summed E-state index contributed by atoms with van der Waals surface area (Å²) in [5.41, 5.74) is 3.15. The minimum Gasteiger partial charge on any atom is -0.294 e. The van der Waals surface area contributed by atoms with Gasteiger partial charge in [-0.2, -0.15) is 5.10 Å². The van der Waals surface area contributed by atoms with Crippen LogP contribution in [0.4, 0.5) is 0 Å². The van der Waals surface area contributed by atoms with E-state index in [-0.39, 0.29) is 0 Å². The molecule has 4 nitrogen and oxygen atoms in total. The first-order chi connectivity index (χ1) is 7.74. The van der Waals surface area contributed by atoms with Gasteiger partial charge in [0.1, 0.15) is 10.3 Å². The topological polar surface area (TPSA) is 35.1 Å². The maximum Gasteiger partial charge on any atom is 0.138 e. The van der Waals surface area contributed by atoms with Crippen molar-refractivity contribution in [2.24, 2.45) is 7.05 Å². The molecule has 0 aliphatic carbocycles. The summed E-state index contributed by atoms with van der Waals surface area (Å²) in [6.45, 7) is 0. The van der Waals surface area contributed by atoms with Gasteiger partial charge in [-0.1, -0.05) is 0 Å². The molecule has 3 aromatic heterocycles. The van der Waals surface area contributed by atoms with E-state index in [4.69, 9.17) is 0 Å². The van der Waals surface area contributed by atoms with Gasteiger partial charge >= 0.3 is 0 Å². The van der Waals surface area contributed by atoms with Crippen LogP contribution in [0.3, 0.4) is 0 Å². The van der Waals surface area contributed by atoms with E-state index in [0.717, 1.165) is 21.4 Å². The SMILES string of the molecule is Cn1cc(-c2ccn3c(Br)cnc3c2)cn1. The predicted octanol–water partition coefficient (Wildman–Crippen LogP) is 2.50. The summed E-state index contributed by atoms with van der Waals surface area (Å²) in [5.74, 6) is 0. The number of aromatic nitrogens is 4. The lowest BCUT2D eigenvalue weighted by atomic mass is 10.1. The largest absolute Gasteiger partial charge is 0.294 e. The predicted molar refractivity (Wildman–Crippen MR) is 65.1 cm³/mol. The first kappa shape index (κ1) is 9.59. The van der Waals surface area contributed by atoms with Crippen LogP contribution in [0.5, 0.6) is 0 Å². The molecule has 80 valence electrons. The fourth-order valence-corrected chi connectivity index (χ4v) is 2.10. The molecule has 0 amide bonds. The molecule has 0 spiro atoms. The van der Waals surface area contributed by atoms with Crippen molar-refractivity contribution in [1.29, 1.82) is 0 Å². The van der Waals surface area contributed by atoms with Crippen LogP contribution in [0.1, 0.15) is 0 Å². The molecule has 3 heterocycles. The second-order valence-corrected chi connectivity index (χ2v) is 4.44. The van der Waals surface area contributed by atoms with E-state index in [1.54, 1.807) is 10.9 Å². The van der Waals surface area contributed by atoms with Crippen molar-refractivity contribution in [3.63, 3.8) is 0 Å². The van der Waals surface area contributed by atoms with Crippen LogP contribution in [0.25, 0.3) is 16.8 Å². The Morgan fingerprint density at radius 1 is 1.25 bits per heavy atom. The van der Waals surface area contributed by atoms with Gasteiger partial charge in [-0.25, -0.2) is 4.98 Å². The number of rotatable bonds is 1. The summed E-state index contributed by atoms with van der Waals surface area (Å²) >= 11 is 3.44. The van der Waals surface area contributed by atoms with Gasteiger partial charge in [-0.15, -0.1) is 0 Å². The molecule has 0 atom stereocenters. The van der Waals surface area contributed by atoms with Gasteiger partial charge in [-0.05, 0) is 33.6 Å². The first-order valence-corrected chi connectivity index (χ1v) is 5.65. The van der Waals surface area contributed by atoms with Crippen molar-refractivity contribution in [3.8, 4) is 11.1 Å². The van der Waals surface area contributed by atoms with E-state index in [0.29, 0.717) is 0 Å². The molecule has 16 heavy (non-hydrogen) atoms. The van der Waals surface area contributed by atoms with E-state index >= 15 is 0 Å². The van der Waals surface area contributed by atoms with Gasteiger partial charge in [0.05, 0.1) is 12.4 Å². The number of nitrogens with zero attached hydrogens (tertiary/aromatic N) is 4. The quantitative estimate of drug-likeness (QED) is 0.685. The molecule has 0 radical (unpaired) electrons. The van der Waals surface area contributed by atoms with Crippen LogP contribution in [-0.4, -0.2) is 19.2 Å². The number of aryl methyl sites for hydroxylation is 1. The molecule has 0 aliphatic rings. The molecular weight excluding hydrogens is 268 g/mol. The van der Waals surface area contributed by atoms with Crippen LogP contribution >= 0.6 is 15.9 Å². The molecule has 0 aliphatic heterocycles. The Kier molecular flexibility index (Phi) is 2.07. The molecule has 0 aromatic carbocycles. The van der Waals surface area contributed by atoms with Gasteiger partial charge in [0.2, 0.25) is 0 Å². The van der Waals surface area contributed by atoms with Crippen molar-refractivity contribution >= 4 is 21.6 Å². The third-order valence-electron chi connectivity index (χ3n) is 2.51. The van der Waals surface area contributed by atoms with E-state index in [9.17, 15) is 0 Å². The number of halogens is 1. The highest BCUT2D eigenvalue weighted by Gasteiger charge is 2.04. The molecule has 3 rings (SSSR count). The average molecular weight is 277 g/mol. The number of hydrogen-bond donors (Lipinski definition) is 0. The van der Waals surface area contributed by atoms with Gasteiger partial charge in [-0.3, -0.25) is 9.08 Å². The number of hydrogen-bond acceptors (Lipinski definition) is 2. The Labute approximate surface area is 101 Å². The lowest BCUT2D eigenvalue weighted by molar-refractivity contribution is 0.768. The lowest BCUT2D eigenvalue weighted by Crippen LogP contribution is -1.86. The number of pyridine rings is 1. The Hall–Kier alpha value is -1.62. The summed E-state index contributed by atoms with van der Waals surface area (Å²) in [5, 5.41) is 4.16. The van der Waals surface area contributed by atoms with Crippen LogP contribution in [0.2, 0.25) is 0 Å². The van der Waals surface area contributed by atoms with E-state index in [1.807, 2.05) is 36.1 Å². The van der Waals surface area contributed by atoms with Crippen molar-refractivity contribution in [1.82, 2.24) is 19.2 Å². The molecule has 0 bridgehead atoms. The molecule has 0 fully saturated rings. The zero-order valence-corrected chi connectivity index (χ0v) is 10.2. The highest BCUT2D eigenvalue weighted by Crippen LogP contribution is 2.21. The van der Waals surface area contributed by atoms with Gasteiger partial charge in [0.15, 0.2) is 0 Å². The van der Waals surface area contributed by atoms with Crippen molar-refractivity contribution < 1.29 is 0 Å². The Morgan fingerprint density at radius 3 is 2.88 bits per heavy atom. The summed E-state index contributed by atoms with van der Waals surface area (Å²) in [6, 6.07) is 4.10. The molecule has 0 saturated carbocycles. The van der Waals surface area contributed by atoms with Crippen LogP contribution < -0.4 is 0 Å². The Bertz CT molecular complexity index is 653. The average Bonchev–Trinajstić information content (AvgIpc) is 2.86. The maximum atomic E-state index is 4.30. The third kappa shape index (κ3) is 1.44. The molecule has 5 heteroatoms. The minimum absolute atomic E-state index is 0.924. The zero-order chi connectivity index (χ0) is 11.1. The zero-order valence-electron chi connectivity index (χ0n) is 8.63. The highest BCUT2D eigenvalue weighted by atomic mass is 79.9. The Morgan fingerprint density at radius 2 is 2.12 bits per heavy atom. The number of fused-ring (bicyclic) bond motifs is 1. The standard InChI is InChI=1S/C11H9BrN4/c1-15-7-9(5-14-15)8-2-3-16-10(12)6-13-11(16)4-8/h2-7H,1H3. The summed E-state index contributed by atoms with van der Waals surface area (Å²) < 4.78 is 4.74. The summed E-state index contributed by atoms with van der Waals surface area (Å²) in [4.78, 5) is 4.30. The van der Waals surface area contributed by atoms with E-state index in [2.05, 4.69) is 32.1 Å². The fourth-order valence-electron chi connectivity index (χ4n) is 1.70. The van der Waals surface area contributed by atoms with E-state index < -0.39 is 0 Å². The summed E-state index contributed by atoms with van der Waals surface area (Å²) in [7, 11) is 1.91. The van der Waals surface area contributed by atoms with Crippen molar-refractivity contribution in [2.45, 2.75) is 0 Å². The number of imidazole rings is 1. The molecule has 0 saturated heterocycles. The normalized spacial score (nSPS) is 11.1. The smallest absolute Gasteiger partial charge is 0.138 e. The van der Waals surface area contributed by atoms with Gasteiger partial charge < -0.3 is 0 Å². The monoisotopic (exact) mass is 276 g/mol. The van der Waals surface area contributed by atoms with Crippen LogP contribution in [0.15, 0.2) is 41.5 Å². The van der Waals surface area contributed by atoms with E-state index in [1.165, 1.54) is 0 Å². The molecule has 3 aromatic rings. The second kappa shape index (κ2) is 3.45. The van der Waals surface area contributed by atoms with Crippen molar-refractivity contribution in [3.05, 3.63) is 41.5 Å². The highest BCUT2D eigenvalue weighted by molar-refractivity contribution is 9.10. The summed E-state index contributed by atoms with van der Waals surface area (Å²) in [6.07, 6.45) is 7.63. The molecule has 0 unspecified atom stereocenters. The first-order valence-electron chi connectivity index (χ1n) is 4.86. The van der Waals surface area contributed by atoms with Gasteiger partial charge in [0.25, 0.3) is 0 Å².